The lowest BCUT2D eigenvalue weighted by molar-refractivity contribution is -0.136. The number of nitrogens with one attached hydrogen (secondary N) is 1. The van der Waals surface area contributed by atoms with Crippen LogP contribution < -0.4 is 5.32 Å². The first-order chi connectivity index (χ1) is 10.1. The molecule has 5 nitrogen and oxygen atoms in total. The molecule has 2 aliphatic rings. The van der Waals surface area contributed by atoms with Crippen LogP contribution in [0.2, 0.25) is 0 Å². The van der Waals surface area contributed by atoms with E-state index in [1.54, 1.807) is 12.1 Å². The largest absolute Gasteiger partial charge is 0.322 e. The van der Waals surface area contributed by atoms with E-state index in [1.807, 2.05) is 19.9 Å². The van der Waals surface area contributed by atoms with Crippen molar-refractivity contribution in [2.75, 3.05) is 0 Å². The summed E-state index contributed by atoms with van der Waals surface area (Å²) in [5.74, 6) is -0.800. The Bertz CT molecular complexity index is 601. The highest BCUT2D eigenvalue weighted by Crippen LogP contribution is 2.31. The minimum atomic E-state index is -0.551. The van der Waals surface area contributed by atoms with E-state index in [0.717, 1.165) is 10.0 Å². The normalized spacial score (nSPS) is 20.6. The standard InChI is InChI=1S/C13H11BrN2O3.C2H6/c14-9-3-1-2-7-8(9)6-16(13(7)19)10-4-5-11(17)15-12(10)18;1-2/h1-3,10H,4-6H2,(H,15,17,18);1-2H3. The minimum absolute atomic E-state index is 0.147. The zero-order valence-corrected chi connectivity index (χ0v) is 13.6. The van der Waals surface area contributed by atoms with Gasteiger partial charge in [0.05, 0.1) is 0 Å². The SMILES string of the molecule is CC.O=C1CCC(N2Cc3c(Br)cccc3C2=O)C(=O)N1. The highest BCUT2D eigenvalue weighted by molar-refractivity contribution is 9.10. The maximum atomic E-state index is 12.3. The van der Waals surface area contributed by atoms with Gasteiger partial charge >= 0.3 is 0 Å². The molecule has 1 saturated heterocycles. The molecule has 0 spiro atoms. The van der Waals surface area contributed by atoms with Gasteiger partial charge in [-0.3, -0.25) is 19.7 Å². The van der Waals surface area contributed by atoms with Crippen molar-refractivity contribution in [3.63, 3.8) is 0 Å². The van der Waals surface area contributed by atoms with E-state index in [1.165, 1.54) is 4.90 Å². The second-order valence-corrected chi connectivity index (χ2v) is 5.52. The van der Waals surface area contributed by atoms with E-state index < -0.39 is 6.04 Å². The number of amides is 3. The number of hydrogen-bond acceptors (Lipinski definition) is 3. The van der Waals surface area contributed by atoms with Crippen molar-refractivity contribution in [3.05, 3.63) is 33.8 Å². The predicted octanol–water partition coefficient (Wildman–Crippen LogP) is 2.24. The van der Waals surface area contributed by atoms with Crippen LogP contribution in [0.5, 0.6) is 0 Å². The minimum Gasteiger partial charge on any atom is -0.322 e. The molecule has 2 heterocycles. The average Bonchev–Trinajstić information content (AvgIpc) is 2.80. The Morgan fingerprint density at radius 3 is 2.57 bits per heavy atom. The first-order valence-electron chi connectivity index (χ1n) is 7.00. The maximum absolute atomic E-state index is 12.3. The number of fused-ring (bicyclic) bond motifs is 1. The summed E-state index contributed by atoms with van der Waals surface area (Å²) in [5.41, 5.74) is 1.52. The molecule has 3 rings (SSSR count). The Hall–Kier alpha value is -1.69. The summed E-state index contributed by atoms with van der Waals surface area (Å²) in [6.07, 6.45) is 0.666. The van der Waals surface area contributed by atoms with Crippen molar-refractivity contribution >= 4 is 33.7 Å². The zero-order chi connectivity index (χ0) is 15.6. The van der Waals surface area contributed by atoms with Crippen molar-refractivity contribution in [1.29, 1.82) is 0 Å². The molecule has 1 aromatic carbocycles. The molecule has 0 bridgehead atoms. The van der Waals surface area contributed by atoms with E-state index >= 15 is 0 Å². The number of imide groups is 1. The fourth-order valence-electron chi connectivity index (χ4n) is 2.55. The Morgan fingerprint density at radius 2 is 1.95 bits per heavy atom. The van der Waals surface area contributed by atoms with Crippen LogP contribution in [0, 0.1) is 0 Å². The average molecular weight is 353 g/mol. The molecule has 1 unspecified atom stereocenters. The molecule has 1 N–H and O–H groups in total. The molecular formula is C15H17BrN2O3. The second-order valence-electron chi connectivity index (χ2n) is 4.67. The van der Waals surface area contributed by atoms with Crippen molar-refractivity contribution in [3.8, 4) is 0 Å². The first kappa shape index (κ1) is 15.7. The van der Waals surface area contributed by atoms with E-state index in [-0.39, 0.29) is 24.1 Å². The number of piperidine rings is 1. The van der Waals surface area contributed by atoms with Gasteiger partial charge in [0.2, 0.25) is 11.8 Å². The van der Waals surface area contributed by atoms with E-state index in [2.05, 4.69) is 21.2 Å². The molecule has 0 aromatic heterocycles. The molecule has 6 heteroatoms. The van der Waals surface area contributed by atoms with Gasteiger partial charge in [0, 0.05) is 23.0 Å². The zero-order valence-electron chi connectivity index (χ0n) is 12.0. The summed E-state index contributed by atoms with van der Waals surface area (Å²) >= 11 is 3.42. The third-order valence-electron chi connectivity index (χ3n) is 3.52. The third kappa shape index (κ3) is 2.85. The number of hydrogen-bond donors (Lipinski definition) is 1. The van der Waals surface area contributed by atoms with Crippen molar-refractivity contribution in [1.82, 2.24) is 10.2 Å². The smallest absolute Gasteiger partial charge is 0.255 e. The van der Waals surface area contributed by atoms with Crippen molar-refractivity contribution < 1.29 is 14.4 Å². The Balaban J connectivity index is 0.000000774. The fraction of sp³-hybridized carbons (Fsp3) is 0.400. The van der Waals surface area contributed by atoms with Crippen LogP contribution in [0.3, 0.4) is 0 Å². The first-order valence-corrected chi connectivity index (χ1v) is 7.79. The molecular weight excluding hydrogens is 336 g/mol. The number of nitrogens with zero attached hydrogens (tertiary/aromatic N) is 1. The number of rotatable bonds is 1. The van der Waals surface area contributed by atoms with Gasteiger partial charge < -0.3 is 4.90 Å². The van der Waals surface area contributed by atoms with E-state index in [9.17, 15) is 14.4 Å². The summed E-state index contributed by atoms with van der Waals surface area (Å²) in [6, 6.07) is 4.88. The fourth-order valence-corrected chi connectivity index (χ4v) is 3.04. The molecule has 1 fully saturated rings. The summed E-state index contributed by atoms with van der Waals surface area (Å²) in [4.78, 5) is 36.8. The summed E-state index contributed by atoms with van der Waals surface area (Å²) < 4.78 is 0.869. The Kier molecular flexibility index (Phi) is 4.77. The van der Waals surface area contributed by atoms with Crippen LogP contribution >= 0.6 is 15.9 Å². The molecule has 0 saturated carbocycles. The van der Waals surface area contributed by atoms with E-state index in [0.29, 0.717) is 18.5 Å². The number of halogens is 1. The molecule has 0 radical (unpaired) electrons. The van der Waals surface area contributed by atoms with Crippen molar-refractivity contribution in [2.24, 2.45) is 0 Å². The van der Waals surface area contributed by atoms with Gasteiger partial charge in [-0.1, -0.05) is 35.8 Å². The van der Waals surface area contributed by atoms with Crippen LogP contribution in [0.1, 0.15) is 42.6 Å². The van der Waals surface area contributed by atoms with Crippen LogP contribution in [-0.2, 0) is 16.1 Å². The van der Waals surface area contributed by atoms with Gasteiger partial charge in [-0.25, -0.2) is 0 Å². The molecule has 1 aromatic rings. The van der Waals surface area contributed by atoms with E-state index in [4.69, 9.17) is 0 Å². The molecule has 1 atom stereocenters. The van der Waals surface area contributed by atoms with Gasteiger partial charge in [-0.05, 0) is 24.1 Å². The lowest BCUT2D eigenvalue weighted by Gasteiger charge is -2.29. The van der Waals surface area contributed by atoms with Crippen LogP contribution in [-0.4, -0.2) is 28.7 Å². The number of carbonyl (C=O) groups excluding carboxylic acids is 3. The lowest BCUT2D eigenvalue weighted by Crippen LogP contribution is -2.52. The van der Waals surface area contributed by atoms with Crippen LogP contribution in [0.25, 0.3) is 0 Å². The van der Waals surface area contributed by atoms with Crippen LogP contribution in [0.4, 0.5) is 0 Å². The van der Waals surface area contributed by atoms with Gasteiger partial charge in [0.1, 0.15) is 6.04 Å². The highest BCUT2D eigenvalue weighted by atomic mass is 79.9. The quantitative estimate of drug-likeness (QED) is 0.788. The lowest BCUT2D eigenvalue weighted by atomic mass is 10.0. The van der Waals surface area contributed by atoms with Gasteiger partial charge in [-0.2, -0.15) is 0 Å². The highest BCUT2D eigenvalue weighted by Gasteiger charge is 2.39. The molecule has 112 valence electrons. The Labute approximate surface area is 131 Å². The Morgan fingerprint density at radius 1 is 1.24 bits per heavy atom. The van der Waals surface area contributed by atoms with Crippen molar-refractivity contribution in [2.45, 2.75) is 39.3 Å². The molecule has 0 aliphatic carbocycles. The monoisotopic (exact) mass is 352 g/mol. The third-order valence-corrected chi connectivity index (χ3v) is 4.27. The molecule has 2 aliphatic heterocycles. The van der Waals surface area contributed by atoms with Crippen LogP contribution in [0.15, 0.2) is 22.7 Å². The van der Waals surface area contributed by atoms with Gasteiger partial charge in [-0.15, -0.1) is 0 Å². The second kappa shape index (κ2) is 6.39. The topological polar surface area (TPSA) is 66.5 Å². The number of carbonyl (C=O) groups is 3. The van der Waals surface area contributed by atoms with Gasteiger partial charge in [0.25, 0.3) is 5.91 Å². The summed E-state index contributed by atoms with van der Waals surface area (Å²) in [6.45, 7) is 4.40. The number of benzene rings is 1. The summed E-state index contributed by atoms with van der Waals surface area (Å²) in [5, 5.41) is 2.28. The molecule has 3 amide bonds. The van der Waals surface area contributed by atoms with Gasteiger partial charge in [0.15, 0.2) is 0 Å². The predicted molar refractivity (Wildman–Crippen MR) is 81.5 cm³/mol. The maximum Gasteiger partial charge on any atom is 0.255 e. The summed E-state index contributed by atoms with van der Waals surface area (Å²) in [7, 11) is 0. The molecule has 21 heavy (non-hydrogen) atoms.